The van der Waals surface area contributed by atoms with Crippen LogP contribution in [-0.2, 0) is 19.6 Å². The Morgan fingerprint density at radius 1 is 1.12 bits per heavy atom. The van der Waals surface area contributed by atoms with Crippen molar-refractivity contribution in [2.24, 2.45) is 0 Å². The van der Waals surface area contributed by atoms with Crippen molar-refractivity contribution >= 4 is 21.7 Å². The Kier molecular flexibility index (Phi) is 6.14. The topological polar surface area (TPSA) is 72.9 Å². The van der Waals surface area contributed by atoms with Crippen molar-refractivity contribution < 1.29 is 31.5 Å². The summed E-state index contributed by atoms with van der Waals surface area (Å²) in [4.78, 5) is 11.5. The Hall–Kier alpha value is -2.68. The quantitative estimate of drug-likeness (QED) is 0.686. The van der Waals surface area contributed by atoms with Gasteiger partial charge in [-0.1, -0.05) is 0 Å². The van der Waals surface area contributed by atoms with E-state index >= 15 is 0 Å². The summed E-state index contributed by atoms with van der Waals surface area (Å²) < 4.78 is 63.4. The molecule has 0 bridgehead atoms. The van der Waals surface area contributed by atoms with E-state index in [1.54, 1.807) is 6.92 Å². The van der Waals surface area contributed by atoms with Gasteiger partial charge in [0, 0.05) is 6.07 Å². The van der Waals surface area contributed by atoms with Gasteiger partial charge < -0.3 is 9.47 Å². The van der Waals surface area contributed by atoms with Crippen LogP contribution in [0.4, 0.5) is 14.5 Å². The Labute approximate surface area is 150 Å². The van der Waals surface area contributed by atoms with Crippen molar-refractivity contribution in [1.82, 2.24) is 0 Å². The van der Waals surface area contributed by atoms with Crippen molar-refractivity contribution in [1.29, 1.82) is 0 Å². The molecule has 0 radical (unpaired) electrons. The minimum Gasteiger partial charge on any atom is -0.494 e. The Morgan fingerprint density at radius 2 is 1.77 bits per heavy atom. The minimum atomic E-state index is -4.31. The molecule has 0 aliphatic heterocycles. The highest BCUT2D eigenvalue weighted by molar-refractivity contribution is 7.92. The molecule has 9 heteroatoms. The largest absolute Gasteiger partial charge is 0.494 e. The summed E-state index contributed by atoms with van der Waals surface area (Å²) in [5, 5.41) is 0. The molecule has 6 nitrogen and oxygen atoms in total. The second kappa shape index (κ2) is 8.13. The lowest BCUT2D eigenvalue weighted by molar-refractivity contribution is -0.138. The molecule has 0 atom stereocenters. The molecule has 0 saturated carbocycles. The molecule has 0 aliphatic rings. The Morgan fingerprint density at radius 3 is 2.31 bits per heavy atom. The van der Waals surface area contributed by atoms with Crippen LogP contribution in [0.15, 0.2) is 47.4 Å². The lowest BCUT2D eigenvalue weighted by atomic mass is 10.3. The predicted octanol–water partition coefficient (Wildman–Crippen LogP) is 2.73. The van der Waals surface area contributed by atoms with Crippen LogP contribution >= 0.6 is 0 Å². The molecule has 2 rings (SSSR count). The number of hydrogen-bond acceptors (Lipinski definition) is 5. The average molecular weight is 385 g/mol. The van der Waals surface area contributed by atoms with Gasteiger partial charge in [0.2, 0.25) is 0 Å². The molecule has 0 heterocycles. The summed E-state index contributed by atoms with van der Waals surface area (Å²) in [6.07, 6.45) is 0. The molecule has 2 aromatic rings. The Balaban J connectivity index is 2.50. The molecule has 0 aliphatic carbocycles. The number of nitrogens with zero attached hydrogens (tertiary/aromatic N) is 1. The number of methoxy groups -OCH3 is 1. The maximum Gasteiger partial charge on any atom is 0.326 e. The van der Waals surface area contributed by atoms with E-state index in [-0.39, 0.29) is 4.90 Å². The first-order valence-corrected chi connectivity index (χ1v) is 9.01. The number of anilines is 1. The van der Waals surface area contributed by atoms with Gasteiger partial charge in [0.05, 0.1) is 24.3 Å². The van der Waals surface area contributed by atoms with E-state index in [0.29, 0.717) is 22.7 Å². The number of ether oxygens (including phenoxy) is 2. The molecule has 0 fully saturated rings. The second-order valence-electron chi connectivity index (χ2n) is 5.09. The third-order valence-electron chi connectivity index (χ3n) is 3.40. The molecule has 2 aromatic carbocycles. The molecule has 26 heavy (non-hydrogen) atoms. The Bertz CT molecular complexity index is 885. The molecule has 0 spiro atoms. The fourth-order valence-corrected chi connectivity index (χ4v) is 3.58. The van der Waals surface area contributed by atoms with Gasteiger partial charge in [0.1, 0.15) is 23.9 Å². The first-order chi connectivity index (χ1) is 12.3. The van der Waals surface area contributed by atoms with Crippen molar-refractivity contribution in [3.05, 3.63) is 54.1 Å². The predicted molar refractivity (Wildman–Crippen MR) is 90.5 cm³/mol. The highest BCUT2D eigenvalue weighted by Gasteiger charge is 2.29. The number of halogens is 2. The zero-order chi connectivity index (χ0) is 19.3. The molecular weight excluding hydrogens is 368 g/mol. The maximum absolute atomic E-state index is 14.1. The summed E-state index contributed by atoms with van der Waals surface area (Å²) in [7, 11) is -3.24. The maximum atomic E-state index is 14.1. The number of benzene rings is 2. The zero-order valence-corrected chi connectivity index (χ0v) is 14.9. The monoisotopic (exact) mass is 385 g/mol. The summed E-state index contributed by atoms with van der Waals surface area (Å²) >= 11 is 0. The number of esters is 1. The van der Waals surface area contributed by atoms with E-state index in [0.717, 1.165) is 19.2 Å². The van der Waals surface area contributed by atoms with E-state index in [1.165, 1.54) is 24.3 Å². The van der Waals surface area contributed by atoms with Gasteiger partial charge in [-0.15, -0.1) is 0 Å². The van der Waals surface area contributed by atoms with Crippen LogP contribution in [0.1, 0.15) is 6.92 Å². The van der Waals surface area contributed by atoms with Crippen LogP contribution < -0.4 is 9.04 Å². The van der Waals surface area contributed by atoms with Gasteiger partial charge in [-0.3, -0.25) is 9.10 Å². The van der Waals surface area contributed by atoms with E-state index in [1.807, 2.05) is 0 Å². The van der Waals surface area contributed by atoms with Crippen LogP contribution in [0.5, 0.6) is 5.75 Å². The van der Waals surface area contributed by atoms with E-state index in [2.05, 4.69) is 4.74 Å². The molecule has 0 amide bonds. The van der Waals surface area contributed by atoms with Crippen LogP contribution in [0.25, 0.3) is 0 Å². The van der Waals surface area contributed by atoms with Gasteiger partial charge in [-0.25, -0.2) is 17.2 Å². The first-order valence-electron chi connectivity index (χ1n) is 7.57. The highest BCUT2D eigenvalue weighted by atomic mass is 32.2. The van der Waals surface area contributed by atoms with Crippen LogP contribution in [-0.4, -0.2) is 34.6 Å². The normalized spacial score (nSPS) is 11.1. The molecule has 0 saturated heterocycles. The fraction of sp³-hybridized carbons (Fsp3) is 0.235. The molecule has 0 aromatic heterocycles. The van der Waals surface area contributed by atoms with Gasteiger partial charge in [-0.2, -0.15) is 0 Å². The number of rotatable bonds is 7. The molecule has 0 unspecified atom stereocenters. The zero-order valence-electron chi connectivity index (χ0n) is 14.1. The van der Waals surface area contributed by atoms with Gasteiger partial charge in [-0.05, 0) is 43.3 Å². The highest BCUT2D eigenvalue weighted by Crippen LogP contribution is 2.28. The average Bonchev–Trinajstić information content (AvgIpc) is 2.60. The van der Waals surface area contributed by atoms with Crippen LogP contribution in [0.3, 0.4) is 0 Å². The lowest BCUT2D eigenvalue weighted by Gasteiger charge is -2.24. The number of hydrogen-bond donors (Lipinski definition) is 0. The number of carbonyl (C=O) groups is 1. The third-order valence-corrected chi connectivity index (χ3v) is 5.18. The van der Waals surface area contributed by atoms with Crippen molar-refractivity contribution in [3.8, 4) is 5.75 Å². The van der Waals surface area contributed by atoms with Crippen LogP contribution in [0.2, 0.25) is 0 Å². The standard InChI is InChI=1S/C17H17F2NO5S/c1-3-25-13-5-7-14(8-6-13)26(22,23)20(11-17(21)24-2)16-9-4-12(18)10-15(16)19/h4-10H,3,11H2,1-2H3. The SMILES string of the molecule is CCOc1ccc(S(=O)(=O)N(CC(=O)OC)c2ccc(F)cc2F)cc1. The van der Waals surface area contributed by atoms with Crippen molar-refractivity contribution in [2.75, 3.05) is 24.6 Å². The molecule has 140 valence electrons. The van der Waals surface area contributed by atoms with Crippen molar-refractivity contribution in [3.63, 3.8) is 0 Å². The van der Waals surface area contributed by atoms with Gasteiger partial charge >= 0.3 is 5.97 Å². The lowest BCUT2D eigenvalue weighted by Crippen LogP contribution is -2.37. The summed E-state index contributed by atoms with van der Waals surface area (Å²) in [6.45, 7) is 1.41. The summed E-state index contributed by atoms with van der Waals surface area (Å²) in [5.41, 5.74) is -0.467. The third kappa shape index (κ3) is 4.29. The fourth-order valence-electron chi connectivity index (χ4n) is 2.17. The van der Waals surface area contributed by atoms with E-state index in [9.17, 15) is 22.0 Å². The van der Waals surface area contributed by atoms with Crippen molar-refractivity contribution in [2.45, 2.75) is 11.8 Å². The summed E-state index contributed by atoms with van der Waals surface area (Å²) in [5.74, 6) is -2.44. The molecule has 0 N–H and O–H groups in total. The molecular formula is C17H17F2NO5S. The number of carbonyl (C=O) groups excluding carboxylic acids is 1. The number of sulfonamides is 1. The van der Waals surface area contributed by atoms with Gasteiger partial charge in [0.15, 0.2) is 0 Å². The summed E-state index contributed by atoms with van der Waals surface area (Å²) in [6, 6.07) is 7.79. The first kappa shape index (κ1) is 19.6. The second-order valence-corrected chi connectivity index (χ2v) is 6.95. The van der Waals surface area contributed by atoms with Gasteiger partial charge in [0.25, 0.3) is 10.0 Å². The minimum absolute atomic E-state index is 0.186. The van der Waals surface area contributed by atoms with E-state index < -0.39 is 39.9 Å². The smallest absolute Gasteiger partial charge is 0.326 e. The van der Waals surface area contributed by atoms with Crippen LogP contribution in [0, 0.1) is 11.6 Å². The van der Waals surface area contributed by atoms with E-state index in [4.69, 9.17) is 4.74 Å².